The summed E-state index contributed by atoms with van der Waals surface area (Å²) in [6, 6.07) is 23.1. The topological polar surface area (TPSA) is 0 Å². The predicted molar refractivity (Wildman–Crippen MR) is 194 cm³/mol. The molecule has 0 saturated heterocycles. The molecule has 1 aliphatic carbocycles. The maximum atomic E-state index is 3.70. The summed E-state index contributed by atoms with van der Waals surface area (Å²) in [6.07, 6.45) is 6.98. The van der Waals surface area contributed by atoms with Gasteiger partial charge in [-0.3, -0.25) is 6.08 Å². The molecule has 0 aromatic heterocycles. The van der Waals surface area contributed by atoms with E-state index in [4.69, 9.17) is 0 Å². The Morgan fingerprint density at radius 3 is 0.851 bits per heavy atom. The monoisotopic (exact) mass is 742 g/mol. The van der Waals surface area contributed by atoms with Gasteiger partial charge in [0, 0.05) is 0 Å². The van der Waals surface area contributed by atoms with E-state index in [0.717, 1.165) is 6.42 Å². The molecule has 0 saturated carbocycles. The van der Waals surface area contributed by atoms with Gasteiger partial charge in [0.15, 0.2) is 0 Å². The van der Waals surface area contributed by atoms with Gasteiger partial charge in [0.1, 0.15) is 0 Å². The molecule has 47 heavy (non-hydrogen) atoms. The number of halogens is 3. The molecule has 0 bridgehead atoms. The van der Waals surface area contributed by atoms with Crippen molar-refractivity contribution in [2.24, 2.45) is 0 Å². The van der Waals surface area contributed by atoms with Gasteiger partial charge in [0.25, 0.3) is 0 Å². The van der Waals surface area contributed by atoms with Crippen LogP contribution in [0, 0.1) is 6.08 Å². The van der Waals surface area contributed by atoms with Crippen molar-refractivity contribution in [2.45, 2.75) is 132 Å². The Morgan fingerprint density at radius 1 is 0.447 bits per heavy atom. The Kier molecular flexibility index (Phi) is 18.4. The van der Waals surface area contributed by atoms with Crippen LogP contribution in [0.3, 0.4) is 0 Å². The molecule has 1 aliphatic rings. The molecule has 0 fully saturated rings. The molecule has 5 heteroatoms. The Hall–Kier alpha value is -1.06. The number of hydrogen-bond acceptors (Lipinski definition) is 0. The van der Waals surface area contributed by atoms with Gasteiger partial charge in [0.05, 0.1) is 8.07 Å². The molecule has 254 valence electrons. The summed E-state index contributed by atoms with van der Waals surface area (Å²) in [5.41, 5.74) is 10.1. The summed E-state index contributed by atoms with van der Waals surface area (Å²) in [5.74, 6) is 2.80. The maximum absolute atomic E-state index is 3.70. The minimum atomic E-state index is -2.73. The minimum Gasteiger partial charge on any atom is -1.00 e. The summed E-state index contributed by atoms with van der Waals surface area (Å²) in [6.45, 7) is 30.6. The van der Waals surface area contributed by atoms with Crippen LogP contribution < -0.4 is 52.8 Å². The summed E-state index contributed by atoms with van der Waals surface area (Å²) in [4.78, 5) is 0. The molecule has 0 amide bonds. The third-order valence-electron chi connectivity index (χ3n) is 9.76. The second kappa shape index (κ2) is 18.8. The average molecular weight is 744 g/mol. The largest absolute Gasteiger partial charge is 4.00 e. The van der Waals surface area contributed by atoms with Gasteiger partial charge < -0.3 is 37.2 Å². The summed E-state index contributed by atoms with van der Waals surface area (Å²) >= 11 is 0. The van der Waals surface area contributed by atoms with E-state index in [2.05, 4.69) is 157 Å². The Labute approximate surface area is 323 Å². The summed E-state index contributed by atoms with van der Waals surface area (Å²) in [7, 11) is -2.73. The van der Waals surface area contributed by atoms with E-state index in [1.165, 1.54) is 39.0 Å². The van der Waals surface area contributed by atoms with Gasteiger partial charge in [-0.2, -0.15) is 6.08 Å². The fraction of sp³-hybridized carbons (Fsp3) is 0.476. The van der Waals surface area contributed by atoms with Crippen LogP contribution in [0.1, 0.15) is 165 Å². The van der Waals surface area contributed by atoms with Gasteiger partial charge in [-0.05, 0) is 68.9 Å². The third kappa shape index (κ3) is 9.59. The molecule has 0 spiro atoms. The molecule has 0 unspecified atom stereocenters. The molecule has 0 N–H and O–H groups in total. The van der Waals surface area contributed by atoms with Crippen LogP contribution in [-0.2, 0) is 21.7 Å². The van der Waals surface area contributed by atoms with Crippen LogP contribution in [0.25, 0.3) is 0 Å². The number of rotatable bonds is 10. The number of benzene rings is 3. The zero-order chi connectivity index (χ0) is 31.8. The standard InChI is InChI=1S/C42H57Si.3ClH.Ti/c1-26(2)33-17-34(27(3)4)21-39(20-33)43(42-16-14-15-32(42)13,40-22-35(28(5)6)18-36(23-40)29(7)8)41-24-37(30(9)10)19-38(25-41)31(11)12;;;;/h14,17-31H,16H2,1-13H3;3*1H;/q-1;;;;+4/p-3. The zero-order valence-corrected chi connectivity index (χ0v) is 35.9. The van der Waals surface area contributed by atoms with E-state index in [9.17, 15) is 0 Å². The average Bonchev–Trinajstić information content (AvgIpc) is 3.38. The van der Waals surface area contributed by atoms with Crippen molar-refractivity contribution >= 4 is 23.6 Å². The molecular formula is C42H57Cl3SiTi. The Balaban J connectivity index is 0.00000529. The molecule has 0 radical (unpaired) electrons. The van der Waals surface area contributed by atoms with Crippen LogP contribution in [0.2, 0.25) is 0 Å². The van der Waals surface area contributed by atoms with E-state index >= 15 is 0 Å². The van der Waals surface area contributed by atoms with Crippen LogP contribution in [0.4, 0.5) is 0 Å². The van der Waals surface area contributed by atoms with E-state index in [1.807, 2.05) is 0 Å². The molecule has 0 aliphatic heterocycles. The van der Waals surface area contributed by atoms with Crippen molar-refractivity contribution in [3.05, 3.63) is 111 Å². The van der Waals surface area contributed by atoms with E-state index in [0.29, 0.717) is 35.5 Å². The molecule has 3 aromatic carbocycles. The van der Waals surface area contributed by atoms with Crippen LogP contribution in [-0.4, -0.2) is 8.07 Å². The Bertz CT molecular complexity index is 1300. The van der Waals surface area contributed by atoms with Crippen molar-refractivity contribution in [1.29, 1.82) is 0 Å². The van der Waals surface area contributed by atoms with Crippen molar-refractivity contribution in [1.82, 2.24) is 0 Å². The summed E-state index contributed by atoms with van der Waals surface area (Å²) in [5, 5.41) is 6.23. The van der Waals surface area contributed by atoms with Crippen LogP contribution in [0.5, 0.6) is 0 Å². The van der Waals surface area contributed by atoms with Crippen LogP contribution in [0.15, 0.2) is 71.4 Å². The normalized spacial score (nSPS) is 13.0. The zero-order valence-electron chi connectivity index (χ0n) is 31.1. The molecule has 0 heterocycles. The van der Waals surface area contributed by atoms with Gasteiger partial charge >= 0.3 is 21.7 Å². The maximum Gasteiger partial charge on any atom is 4.00 e. The molecule has 3 aromatic rings. The van der Waals surface area contributed by atoms with Gasteiger partial charge in [0.2, 0.25) is 0 Å². The third-order valence-corrected chi connectivity index (χ3v) is 14.7. The SMILES string of the molecule is CC1=C([Si](c2cc(C(C)C)cc(C(C)C)c2)(c2cc(C(C)C)cc(C(C)C)c2)c2cc(C(C)C)cc(C(C)C)c2)CC=[C-]1.[Cl-].[Cl-].[Cl-].[Ti+4]. The molecular weight excluding hydrogens is 687 g/mol. The number of allylic oxidation sites excluding steroid dienone is 4. The van der Waals surface area contributed by atoms with E-state index in [-0.39, 0.29) is 58.9 Å². The smallest absolute Gasteiger partial charge is 1.00 e. The van der Waals surface area contributed by atoms with Crippen LogP contribution >= 0.6 is 0 Å². The first-order chi connectivity index (χ1) is 20.2. The molecule has 4 rings (SSSR count). The van der Waals surface area contributed by atoms with Gasteiger partial charge in [-0.1, -0.05) is 167 Å². The number of hydrogen-bond donors (Lipinski definition) is 0. The minimum absolute atomic E-state index is 0. The summed E-state index contributed by atoms with van der Waals surface area (Å²) < 4.78 is 0. The van der Waals surface area contributed by atoms with Gasteiger partial charge in [-0.15, -0.1) is 0 Å². The fourth-order valence-electron chi connectivity index (χ4n) is 6.68. The van der Waals surface area contributed by atoms with Crippen molar-refractivity contribution in [3.8, 4) is 0 Å². The van der Waals surface area contributed by atoms with E-state index in [1.54, 1.807) is 20.8 Å². The second-order valence-electron chi connectivity index (χ2n) is 15.0. The Morgan fingerprint density at radius 2 is 0.681 bits per heavy atom. The molecule has 0 atom stereocenters. The predicted octanol–water partition coefficient (Wildman–Crippen LogP) is 1.53. The first kappa shape index (κ1) is 45.9. The second-order valence-corrected chi connectivity index (χ2v) is 18.8. The molecule has 0 nitrogen and oxygen atoms in total. The van der Waals surface area contributed by atoms with Gasteiger partial charge in [-0.25, -0.2) is 10.8 Å². The first-order valence-electron chi connectivity index (χ1n) is 16.9. The first-order valence-corrected chi connectivity index (χ1v) is 18.9. The van der Waals surface area contributed by atoms with Crippen molar-refractivity contribution < 1.29 is 58.9 Å². The van der Waals surface area contributed by atoms with Crippen molar-refractivity contribution in [3.63, 3.8) is 0 Å². The van der Waals surface area contributed by atoms with E-state index < -0.39 is 8.07 Å². The van der Waals surface area contributed by atoms with Crippen molar-refractivity contribution in [2.75, 3.05) is 0 Å². The fourth-order valence-corrected chi connectivity index (χ4v) is 12.1. The quantitative estimate of drug-likeness (QED) is 0.168.